The summed E-state index contributed by atoms with van der Waals surface area (Å²) in [5, 5.41) is 11.6. The highest BCUT2D eigenvalue weighted by Crippen LogP contribution is 2.82. The molecule has 46 heavy (non-hydrogen) atoms. The smallest absolute Gasteiger partial charge is 0.315 e. The molecule has 1 N–H and O–H groups in total. The van der Waals surface area contributed by atoms with Crippen molar-refractivity contribution in [3.05, 3.63) is 11.6 Å². The third kappa shape index (κ3) is 5.41. The number of carboxylic acids is 1. The van der Waals surface area contributed by atoms with E-state index in [1.807, 2.05) is 0 Å². The lowest BCUT2D eigenvalue weighted by atomic mass is 9.43. The summed E-state index contributed by atoms with van der Waals surface area (Å²) in [5.41, 5.74) is -1.63. The van der Waals surface area contributed by atoms with Crippen LogP contribution in [0, 0.1) is 51.8 Å². The van der Waals surface area contributed by atoms with E-state index in [9.17, 15) is 14.7 Å². The van der Waals surface area contributed by atoms with Gasteiger partial charge in [-0.25, -0.2) is 0 Å². The van der Waals surface area contributed by atoms with Gasteiger partial charge < -0.3 is 19.5 Å². The minimum Gasteiger partial charge on any atom is -0.481 e. The van der Waals surface area contributed by atoms with Crippen molar-refractivity contribution in [3.8, 4) is 0 Å². The highest BCUT2D eigenvalue weighted by molar-refractivity contribution is 14.1. The predicted molar refractivity (Wildman–Crippen MR) is 193 cm³/mol. The van der Waals surface area contributed by atoms with Crippen LogP contribution in [0.25, 0.3) is 0 Å². The number of ether oxygens (including phenoxy) is 1. The van der Waals surface area contributed by atoms with Crippen molar-refractivity contribution in [1.82, 2.24) is 9.80 Å². The molecule has 3 saturated carbocycles. The molecule has 6 nitrogen and oxygen atoms in total. The molecule has 2 heterocycles. The zero-order chi connectivity index (χ0) is 32.9. The van der Waals surface area contributed by atoms with Gasteiger partial charge in [-0.2, -0.15) is 0 Å². The summed E-state index contributed by atoms with van der Waals surface area (Å²) in [6, 6.07) is 0. The Bertz CT molecular complexity index is 1130. The maximum Gasteiger partial charge on any atom is 0.315 e. The Labute approximate surface area is 293 Å². The maximum atomic E-state index is 14.2. The first-order valence-corrected chi connectivity index (χ1v) is 20.5. The maximum absolute atomic E-state index is 14.2. The Morgan fingerprint density at radius 3 is 2.46 bits per heavy atom. The molecule has 0 spiro atoms. The van der Waals surface area contributed by atoms with Gasteiger partial charge in [0.25, 0.3) is 0 Å². The number of piperidine rings is 1. The van der Waals surface area contributed by atoms with Crippen LogP contribution < -0.4 is 0 Å². The van der Waals surface area contributed by atoms with Crippen LogP contribution in [0.2, 0.25) is 0 Å². The molecule has 260 valence electrons. The van der Waals surface area contributed by atoms with E-state index in [2.05, 4.69) is 73.1 Å². The van der Waals surface area contributed by atoms with E-state index in [1.165, 1.54) is 64.5 Å². The second kappa shape index (κ2) is 14.0. The number of alkyl halides is 1. The average Bonchev–Trinajstić information content (AvgIpc) is 3.82. The number of hydrogen-bond acceptors (Lipinski definition) is 5. The number of aldehydes is 1. The normalized spacial score (nSPS) is 41.9. The molecular formula is C39H63IN2O4. The van der Waals surface area contributed by atoms with Crippen molar-refractivity contribution >= 4 is 34.8 Å². The SMILES string of the molecule is CC[C@@H](C)[C@H]1CC2(C3CC(CC4CCCC4)C(CN(CC)CCN4CCCCC4)O3)C3C=C(C(C)C)[C@]2(C(=O)O)C(C=O)(C3)[C@@H]1I. The van der Waals surface area contributed by atoms with Crippen LogP contribution >= 0.6 is 22.6 Å². The molecule has 2 aliphatic heterocycles. The lowest BCUT2D eigenvalue weighted by Crippen LogP contribution is -2.66. The Morgan fingerprint density at radius 2 is 1.85 bits per heavy atom. The molecule has 0 aromatic heterocycles. The molecule has 0 amide bonds. The van der Waals surface area contributed by atoms with Crippen molar-refractivity contribution in [1.29, 1.82) is 0 Å². The van der Waals surface area contributed by atoms with Gasteiger partial charge in [-0.05, 0) is 93.7 Å². The monoisotopic (exact) mass is 750 g/mol. The first-order valence-electron chi connectivity index (χ1n) is 19.3. The van der Waals surface area contributed by atoms with Gasteiger partial charge in [0.05, 0.1) is 17.6 Å². The molecule has 4 bridgehead atoms. The van der Waals surface area contributed by atoms with Crippen molar-refractivity contribution in [2.24, 2.45) is 51.8 Å². The lowest BCUT2D eigenvalue weighted by molar-refractivity contribution is -0.188. The van der Waals surface area contributed by atoms with Gasteiger partial charge in [-0.3, -0.25) is 9.69 Å². The van der Waals surface area contributed by atoms with Crippen LogP contribution in [-0.4, -0.2) is 82.6 Å². The van der Waals surface area contributed by atoms with Gasteiger partial charge in [0.15, 0.2) is 0 Å². The number of carboxylic acid groups (broad SMARTS) is 1. The number of likely N-dealkylation sites (N-methyl/N-ethyl adjacent to an activating group) is 1. The van der Waals surface area contributed by atoms with Gasteiger partial charge >= 0.3 is 5.97 Å². The number of rotatable bonds is 14. The molecule has 7 heteroatoms. The zero-order valence-electron chi connectivity index (χ0n) is 29.5. The molecular weight excluding hydrogens is 687 g/mol. The molecule has 5 fully saturated rings. The van der Waals surface area contributed by atoms with Crippen LogP contribution in [-0.2, 0) is 14.3 Å². The zero-order valence-corrected chi connectivity index (χ0v) is 31.7. The van der Waals surface area contributed by atoms with Crippen LogP contribution in [0.4, 0.5) is 0 Å². The summed E-state index contributed by atoms with van der Waals surface area (Å²) >= 11 is 2.52. The van der Waals surface area contributed by atoms with E-state index in [0.29, 0.717) is 24.2 Å². The van der Waals surface area contributed by atoms with E-state index in [4.69, 9.17) is 4.74 Å². The number of nitrogens with zero attached hydrogens (tertiary/aromatic N) is 2. The number of halogens is 1. The summed E-state index contributed by atoms with van der Waals surface area (Å²) < 4.78 is 7.47. The highest BCUT2D eigenvalue weighted by Gasteiger charge is 2.85. The van der Waals surface area contributed by atoms with Gasteiger partial charge in [-0.1, -0.05) is 107 Å². The Morgan fingerprint density at radius 1 is 1.13 bits per heavy atom. The third-order valence-corrected chi connectivity index (χ3v) is 16.6. The molecule has 10 atom stereocenters. The quantitative estimate of drug-likeness (QED) is 0.0844. The molecule has 4 aliphatic carbocycles. The lowest BCUT2D eigenvalue weighted by Gasteiger charge is -2.60. The summed E-state index contributed by atoms with van der Waals surface area (Å²) in [6.07, 6.45) is 17.5. The largest absolute Gasteiger partial charge is 0.481 e. The minimum absolute atomic E-state index is 0.00563. The van der Waals surface area contributed by atoms with Crippen LogP contribution in [0.15, 0.2) is 11.6 Å². The molecule has 6 aliphatic rings. The molecule has 0 aromatic carbocycles. The van der Waals surface area contributed by atoms with Crippen LogP contribution in [0.3, 0.4) is 0 Å². The fourth-order valence-electron chi connectivity index (χ4n) is 12.1. The Hall–Kier alpha value is -0.510. The number of hydrogen-bond donors (Lipinski definition) is 1. The summed E-state index contributed by atoms with van der Waals surface area (Å²) in [4.78, 5) is 33.0. The van der Waals surface area contributed by atoms with Gasteiger partial charge in [0.1, 0.15) is 11.7 Å². The Kier molecular flexibility index (Phi) is 10.8. The summed E-state index contributed by atoms with van der Waals surface area (Å²) in [7, 11) is 0. The second-order valence-corrected chi connectivity index (χ2v) is 18.2. The predicted octanol–water partition coefficient (Wildman–Crippen LogP) is 7.88. The van der Waals surface area contributed by atoms with Crippen LogP contribution in [0.1, 0.15) is 112 Å². The molecule has 6 unspecified atom stereocenters. The molecule has 6 rings (SSSR count). The summed E-state index contributed by atoms with van der Waals surface area (Å²) in [6.45, 7) is 17.8. The van der Waals surface area contributed by atoms with E-state index in [-0.39, 0.29) is 28.0 Å². The number of likely N-dealkylation sites (tertiary alicyclic amines) is 1. The number of allylic oxidation sites excluding steroid dienone is 1. The van der Waals surface area contributed by atoms with Gasteiger partial charge in [0.2, 0.25) is 0 Å². The van der Waals surface area contributed by atoms with Crippen molar-refractivity contribution in [2.45, 2.75) is 128 Å². The van der Waals surface area contributed by atoms with Crippen LogP contribution in [0.5, 0.6) is 0 Å². The number of carbonyl (C=O) groups is 2. The first-order chi connectivity index (χ1) is 22.1. The van der Waals surface area contributed by atoms with Crippen molar-refractivity contribution < 1.29 is 19.4 Å². The number of carbonyl (C=O) groups excluding carboxylic acids is 1. The first kappa shape index (κ1) is 35.3. The van der Waals surface area contributed by atoms with Crippen molar-refractivity contribution in [2.75, 3.05) is 39.3 Å². The topological polar surface area (TPSA) is 70.1 Å². The Balaban J connectivity index is 1.36. The average molecular weight is 751 g/mol. The molecule has 0 aromatic rings. The third-order valence-electron chi connectivity index (χ3n) is 14.5. The fourth-order valence-corrected chi connectivity index (χ4v) is 13.9. The highest BCUT2D eigenvalue weighted by atomic mass is 127. The van der Waals surface area contributed by atoms with E-state index >= 15 is 0 Å². The van der Waals surface area contributed by atoms with Gasteiger partial charge in [-0.15, -0.1) is 0 Å². The van der Waals surface area contributed by atoms with E-state index in [0.717, 1.165) is 63.2 Å². The summed E-state index contributed by atoms with van der Waals surface area (Å²) in [5.74, 6) is 1.35. The van der Waals surface area contributed by atoms with Gasteiger partial charge in [0, 0.05) is 29.0 Å². The number of aliphatic carboxylic acids is 1. The molecule has 0 radical (unpaired) electrons. The van der Waals surface area contributed by atoms with Crippen molar-refractivity contribution in [3.63, 3.8) is 0 Å². The molecule has 2 saturated heterocycles. The second-order valence-electron chi connectivity index (χ2n) is 16.8. The standard InChI is InChI=1S/C39H63IN2O4/c1-6-27(5)31-23-38(30-21-32(26(3)4)39(38,36(44)45)37(22-30,25-43)35(31)40)34-20-29(19-28-13-9-10-14-28)33(46-34)24-41(7-2)17-18-42-15-11-8-12-16-42/h21,25-31,33-35H,6-20,22-24H2,1-5H3,(H,44,45)/t27-,29?,30?,31-,33?,34?,35-,37?,38?,39+/m1/s1. The minimum atomic E-state index is -1.19. The van der Waals surface area contributed by atoms with E-state index < -0.39 is 22.2 Å². The van der Waals surface area contributed by atoms with E-state index in [1.54, 1.807) is 0 Å². The fraction of sp³-hybridized carbons (Fsp3) is 0.897.